The number of nitrogens with one attached hydrogen (secondary N) is 1. The zero-order chi connectivity index (χ0) is 30.7. The summed E-state index contributed by atoms with van der Waals surface area (Å²) in [4.78, 5) is 48.3. The Bertz CT molecular complexity index is 1850. The van der Waals surface area contributed by atoms with Crippen LogP contribution in [0, 0.1) is 18.7 Å². The van der Waals surface area contributed by atoms with Crippen molar-refractivity contribution in [3.05, 3.63) is 86.4 Å². The Morgan fingerprint density at radius 3 is 2.74 bits per heavy atom. The van der Waals surface area contributed by atoms with Gasteiger partial charge in [0.15, 0.2) is 0 Å². The summed E-state index contributed by atoms with van der Waals surface area (Å²) in [6.07, 6.45) is 3.95. The predicted octanol–water partition coefficient (Wildman–Crippen LogP) is 5.57. The van der Waals surface area contributed by atoms with E-state index in [0.717, 1.165) is 24.7 Å². The Morgan fingerprint density at radius 2 is 2.05 bits per heavy atom. The predicted molar refractivity (Wildman–Crippen MR) is 164 cm³/mol. The van der Waals surface area contributed by atoms with Gasteiger partial charge in [-0.1, -0.05) is 17.7 Å². The number of ether oxygens (including phenoxy) is 1. The highest BCUT2D eigenvalue weighted by molar-refractivity contribution is 9.10. The zero-order valence-corrected chi connectivity index (χ0v) is 25.7. The Hall–Kier alpha value is -3.89. The number of carbonyl (C=O) groups is 3. The van der Waals surface area contributed by atoms with E-state index in [2.05, 4.69) is 26.2 Å². The lowest BCUT2D eigenvalue weighted by Gasteiger charge is -2.30. The van der Waals surface area contributed by atoms with E-state index in [-0.39, 0.29) is 40.5 Å². The number of benzene rings is 2. The van der Waals surface area contributed by atoms with Gasteiger partial charge in [0, 0.05) is 34.8 Å². The molecule has 0 unspecified atom stereocenters. The van der Waals surface area contributed by atoms with Gasteiger partial charge in [-0.15, -0.1) is 0 Å². The minimum atomic E-state index is -1.26. The summed E-state index contributed by atoms with van der Waals surface area (Å²) in [5.41, 5.74) is 6.13. The number of carbonyl (C=O) groups excluding carboxylic acids is 3. The Morgan fingerprint density at radius 1 is 1.28 bits per heavy atom. The van der Waals surface area contributed by atoms with Crippen LogP contribution in [-0.4, -0.2) is 41.2 Å². The first kappa shape index (κ1) is 29.2. The maximum atomic E-state index is 15.4. The number of hydrogen-bond donors (Lipinski definition) is 2. The minimum Gasteiger partial charge on any atom is -0.489 e. The second-order valence-electron chi connectivity index (χ2n) is 11.5. The first-order valence-corrected chi connectivity index (χ1v) is 14.9. The number of halogens is 3. The van der Waals surface area contributed by atoms with E-state index >= 15 is 4.39 Å². The van der Waals surface area contributed by atoms with Crippen LogP contribution in [0.2, 0.25) is 5.02 Å². The molecule has 1 saturated carbocycles. The lowest BCUT2D eigenvalue weighted by molar-refractivity contribution is -0.123. The molecule has 4 aromatic rings. The van der Waals surface area contributed by atoms with Gasteiger partial charge < -0.3 is 20.6 Å². The van der Waals surface area contributed by atoms with Crippen molar-refractivity contribution < 1.29 is 23.5 Å². The van der Waals surface area contributed by atoms with Gasteiger partial charge >= 0.3 is 0 Å². The number of nitrogens with two attached hydrogens (primary N) is 1. The number of pyridine rings is 2. The van der Waals surface area contributed by atoms with E-state index in [4.69, 9.17) is 27.1 Å². The maximum Gasteiger partial charge on any atom is 0.251 e. The van der Waals surface area contributed by atoms with Crippen molar-refractivity contribution >= 4 is 56.5 Å². The molecule has 1 fully saturated rings. The van der Waals surface area contributed by atoms with Gasteiger partial charge in [0.2, 0.25) is 5.91 Å². The lowest BCUT2D eigenvalue weighted by Crippen LogP contribution is -2.45. The molecule has 0 radical (unpaired) electrons. The van der Waals surface area contributed by atoms with Crippen molar-refractivity contribution in [3.63, 3.8) is 0 Å². The van der Waals surface area contributed by atoms with Crippen molar-refractivity contribution in [1.82, 2.24) is 15.3 Å². The Kier molecular flexibility index (Phi) is 7.25. The summed E-state index contributed by atoms with van der Waals surface area (Å²) in [5, 5.41) is 3.96. The number of aryl methyl sites for hydroxylation is 1. The molecular weight excluding hydrogens is 639 g/mol. The number of hydrogen-bond acceptors (Lipinski definition) is 6. The zero-order valence-electron chi connectivity index (χ0n) is 23.3. The third-order valence-electron chi connectivity index (χ3n) is 8.49. The first-order chi connectivity index (χ1) is 20.5. The highest BCUT2D eigenvalue weighted by atomic mass is 79.9. The molecule has 6 rings (SSSR count). The summed E-state index contributed by atoms with van der Waals surface area (Å²) >= 11 is 9.67. The van der Waals surface area contributed by atoms with E-state index in [1.165, 1.54) is 0 Å². The summed E-state index contributed by atoms with van der Waals surface area (Å²) < 4.78 is 21.6. The monoisotopic (exact) mass is 664 g/mol. The molecule has 220 valence electrons. The lowest BCUT2D eigenvalue weighted by atomic mass is 9.76. The second-order valence-corrected chi connectivity index (χ2v) is 12.7. The van der Waals surface area contributed by atoms with Crippen LogP contribution in [-0.2, 0) is 20.4 Å². The SMILES string of the molecule is Cc1cnc2c(Cl)cc(C(=O)NC[C@](C=O)(c3cc4c(c(-c5cccc(Br)c5F)n3)OC[C@]4(C)C(N)=O)C3CC3)cc2c1. The first-order valence-electron chi connectivity index (χ1n) is 13.7. The summed E-state index contributed by atoms with van der Waals surface area (Å²) in [5.74, 6) is -1.53. The van der Waals surface area contributed by atoms with E-state index in [1.807, 2.05) is 13.0 Å². The Labute approximate surface area is 260 Å². The molecule has 1 aliphatic carbocycles. The summed E-state index contributed by atoms with van der Waals surface area (Å²) in [6.45, 7) is 3.40. The molecule has 0 bridgehead atoms. The third kappa shape index (κ3) is 4.86. The number of aromatic nitrogens is 2. The normalized spacial score (nSPS) is 18.9. The largest absolute Gasteiger partial charge is 0.489 e. The van der Waals surface area contributed by atoms with Gasteiger partial charge in [0.25, 0.3) is 5.91 Å². The van der Waals surface area contributed by atoms with Crippen molar-refractivity contribution in [2.45, 2.75) is 37.5 Å². The van der Waals surface area contributed by atoms with Gasteiger partial charge in [0.1, 0.15) is 35.6 Å². The number of amides is 2. The number of rotatable bonds is 8. The van der Waals surface area contributed by atoms with Gasteiger partial charge in [-0.05, 0) is 90.5 Å². The molecule has 3 heterocycles. The van der Waals surface area contributed by atoms with Crippen molar-refractivity contribution in [2.75, 3.05) is 13.2 Å². The fourth-order valence-electron chi connectivity index (χ4n) is 5.71. The molecule has 0 spiro atoms. The molecule has 2 amide bonds. The van der Waals surface area contributed by atoms with E-state index in [1.54, 1.807) is 49.5 Å². The summed E-state index contributed by atoms with van der Waals surface area (Å²) in [6, 6.07) is 11.5. The molecule has 8 nitrogen and oxygen atoms in total. The molecule has 11 heteroatoms. The third-order valence-corrected chi connectivity index (χ3v) is 9.39. The van der Waals surface area contributed by atoms with Gasteiger partial charge in [-0.3, -0.25) is 14.6 Å². The number of aldehydes is 1. The molecule has 0 saturated heterocycles. The molecule has 2 atom stereocenters. The average Bonchev–Trinajstić information content (AvgIpc) is 3.77. The van der Waals surface area contributed by atoms with E-state index in [0.29, 0.717) is 32.7 Å². The molecule has 2 aromatic carbocycles. The van der Waals surface area contributed by atoms with Crippen LogP contribution >= 0.6 is 27.5 Å². The van der Waals surface area contributed by atoms with Crippen LogP contribution in [0.3, 0.4) is 0 Å². The molecule has 2 aliphatic rings. The van der Waals surface area contributed by atoms with Gasteiger partial charge in [0.05, 0.1) is 26.1 Å². The van der Waals surface area contributed by atoms with E-state index < -0.39 is 28.5 Å². The van der Waals surface area contributed by atoms with Crippen molar-refractivity contribution in [1.29, 1.82) is 0 Å². The maximum absolute atomic E-state index is 15.4. The van der Waals surface area contributed by atoms with Crippen LogP contribution in [0.5, 0.6) is 5.75 Å². The van der Waals surface area contributed by atoms with Crippen LogP contribution in [0.1, 0.15) is 46.9 Å². The van der Waals surface area contributed by atoms with Crippen LogP contribution in [0.15, 0.2) is 53.1 Å². The quantitative estimate of drug-likeness (QED) is 0.237. The van der Waals surface area contributed by atoms with Crippen molar-refractivity contribution in [3.8, 4) is 17.0 Å². The van der Waals surface area contributed by atoms with Crippen LogP contribution in [0.4, 0.5) is 4.39 Å². The molecule has 2 aromatic heterocycles. The average molecular weight is 666 g/mol. The number of primary amides is 1. The van der Waals surface area contributed by atoms with Crippen molar-refractivity contribution in [2.24, 2.45) is 11.7 Å². The molecular formula is C32H27BrClFN4O4. The minimum absolute atomic E-state index is 0.0588. The topological polar surface area (TPSA) is 124 Å². The molecule has 43 heavy (non-hydrogen) atoms. The van der Waals surface area contributed by atoms with Crippen LogP contribution in [0.25, 0.3) is 22.2 Å². The summed E-state index contributed by atoms with van der Waals surface area (Å²) in [7, 11) is 0. The van der Waals surface area contributed by atoms with E-state index in [9.17, 15) is 14.4 Å². The fourth-order valence-corrected chi connectivity index (χ4v) is 6.35. The van der Waals surface area contributed by atoms with Gasteiger partial charge in [-0.25, -0.2) is 9.37 Å². The highest BCUT2D eigenvalue weighted by Gasteiger charge is 2.51. The number of nitrogens with zero attached hydrogens (tertiary/aromatic N) is 2. The highest BCUT2D eigenvalue weighted by Crippen LogP contribution is 2.50. The van der Waals surface area contributed by atoms with Crippen LogP contribution < -0.4 is 15.8 Å². The molecule has 1 aliphatic heterocycles. The fraction of sp³-hybridized carbons (Fsp3) is 0.281. The standard InChI is InChI=1S/C32H27BrClFN4O4/c1-16-8-17-9-18(10-23(34)26(17)37-12-16)29(41)38-13-32(14-40,19-6-7-19)24-11-21-28(43-15-31(21,2)30(36)42)27(39-24)20-4-3-5-22(33)25(20)35/h3-5,8-12,14,19H,6-7,13,15H2,1-2H3,(H2,36,42)(H,38,41)/t31-,32+/m0/s1. The Balaban J connectivity index is 1.45. The van der Waals surface area contributed by atoms with Gasteiger partial charge in [-0.2, -0.15) is 0 Å². The smallest absolute Gasteiger partial charge is 0.251 e. The molecule has 3 N–H and O–H groups in total. The second kappa shape index (κ2) is 10.7. The number of fused-ring (bicyclic) bond motifs is 2.